The van der Waals surface area contributed by atoms with Crippen LogP contribution in [0.5, 0.6) is 0 Å². The maximum absolute atomic E-state index is 12.3. The Hall–Kier alpha value is -2.45. The number of hydrogen-bond acceptors (Lipinski definition) is 5. The minimum absolute atomic E-state index is 0.164. The smallest absolute Gasteiger partial charge is 0.261 e. The Morgan fingerprint density at radius 2 is 2.12 bits per heavy atom. The Bertz CT molecular complexity index is 982. The Morgan fingerprint density at radius 1 is 1.38 bits per heavy atom. The van der Waals surface area contributed by atoms with E-state index < -0.39 is 11.5 Å². The van der Waals surface area contributed by atoms with Gasteiger partial charge in [0.25, 0.3) is 11.5 Å². The molecule has 0 bridgehead atoms. The lowest BCUT2D eigenvalue weighted by Crippen LogP contribution is -2.18. The van der Waals surface area contributed by atoms with Crippen molar-refractivity contribution >= 4 is 46.0 Å². The minimum Gasteiger partial charge on any atom is -0.377 e. The molecular weight excluding hydrogens is 350 g/mol. The van der Waals surface area contributed by atoms with E-state index in [1.54, 1.807) is 12.3 Å². The van der Waals surface area contributed by atoms with Gasteiger partial charge in [-0.25, -0.2) is 4.98 Å². The van der Waals surface area contributed by atoms with Crippen molar-refractivity contribution in [2.24, 2.45) is 5.73 Å². The number of thioether (sulfide) groups is 1. The van der Waals surface area contributed by atoms with Crippen LogP contribution in [0.15, 0.2) is 34.1 Å². The van der Waals surface area contributed by atoms with Gasteiger partial charge >= 0.3 is 0 Å². The van der Waals surface area contributed by atoms with Gasteiger partial charge in [-0.1, -0.05) is 23.7 Å². The molecule has 3 aromatic rings. The number of anilines is 1. The van der Waals surface area contributed by atoms with Gasteiger partial charge in [-0.15, -0.1) is 11.8 Å². The highest BCUT2D eigenvalue weighted by atomic mass is 35.5. The van der Waals surface area contributed by atoms with Gasteiger partial charge in [0.15, 0.2) is 0 Å². The van der Waals surface area contributed by atoms with E-state index in [9.17, 15) is 9.59 Å². The molecule has 0 saturated carbocycles. The summed E-state index contributed by atoms with van der Waals surface area (Å²) in [6, 6.07) is 7.26. The van der Waals surface area contributed by atoms with Crippen LogP contribution in [0.3, 0.4) is 0 Å². The van der Waals surface area contributed by atoms with Crippen LogP contribution in [0.2, 0.25) is 5.02 Å². The molecule has 0 saturated heterocycles. The molecule has 0 atom stereocenters. The first-order chi connectivity index (χ1) is 11.5. The van der Waals surface area contributed by atoms with Crippen molar-refractivity contribution in [2.75, 3.05) is 11.6 Å². The molecular formula is C15H14ClN5O2S. The van der Waals surface area contributed by atoms with E-state index in [1.165, 1.54) is 11.8 Å². The maximum atomic E-state index is 12.3. The van der Waals surface area contributed by atoms with Gasteiger partial charge in [-0.3, -0.25) is 9.59 Å². The molecule has 3 rings (SSSR count). The van der Waals surface area contributed by atoms with Crippen molar-refractivity contribution < 1.29 is 4.79 Å². The summed E-state index contributed by atoms with van der Waals surface area (Å²) < 4.78 is 0. The molecule has 1 aromatic carbocycles. The molecule has 0 fully saturated rings. The highest BCUT2D eigenvalue weighted by Gasteiger charge is 2.20. The Kier molecular flexibility index (Phi) is 4.50. The predicted octanol–water partition coefficient (Wildman–Crippen LogP) is 2.34. The average molecular weight is 364 g/mol. The van der Waals surface area contributed by atoms with Gasteiger partial charge in [0, 0.05) is 0 Å². The number of nitrogens with one attached hydrogen (secondary N) is 3. The fraction of sp³-hybridized carbons (Fsp3) is 0.133. The number of nitrogens with zero attached hydrogens (tertiary/aromatic N) is 1. The third-order valence-electron chi connectivity index (χ3n) is 3.45. The molecule has 2 aromatic heterocycles. The third kappa shape index (κ3) is 2.98. The number of aromatic nitrogens is 3. The lowest BCUT2D eigenvalue weighted by Gasteiger charge is -2.07. The number of fused-ring (bicyclic) bond motifs is 1. The molecule has 7 nitrogen and oxygen atoms in total. The highest BCUT2D eigenvalue weighted by Crippen LogP contribution is 2.25. The van der Waals surface area contributed by atoms with E-state index in [2.05, 4.69) is 20.3 Å². The summed E-state index contributed by atoms with van der Waals surface area (Å²) in [6.45, 7) is 0.272. The molecule has 0 unspecified atom stereocenters. The fourth-order valence-corrected chi connectivity index (χ4v) is 3.19. The van der Waals surface area contributed by atoms with E-state index in [0.717, 1.165) is 5.69 Å². The normalized spacial score (nSPS) is 10.9. The second-order valence-corrected chi connectivity index (χ2v) is 6.19. The van der Waals surface area contributed by atoms with Crippen molar-refractivity contribution in [3.05, 3.63) is 51.0 Å². The second-order valence-electron chi connectivity index (χ2n) is 4.97. The van der Waals surface area contributed by atoms with Crippen molar-refractivity contribution in [1.29, 1.82) is 0 Å². The summed E-state index contributed by atoms with van der Waals surface area (Å²) in [5.74, 6) is -0.253. The van der Waals surface area contributed by atoms with Crippen LogP contribution < -0.4 is 16.6 Å². The van der Waals surface area contributed by atoms with Crippen LogP contribution in [0, 0.1) is 0 Å². The lowest BCUT2D eigenvalue weighted by molar-refractivity contribution is 0.0999. The van der Waals surface area contributed by atoms with Crippen LogP contribution in [-0.2, 0) is 6.54 Å². The standard InChI is InChI=1S/C15H14ClN5O2S/c1-24-15-10(12(17)22)11-13(21-15)19-9(20-14(11)23)6-18-8-5-3-2-4-7(8)16/h2-5,18H,6H2,1H3,(H2,17,22)(H2,19,20,21,23). The molecule has 0 aliphatic carbocycles. The zero-order valence-corrected chi connectivity index (χ0v) is 14.2. The predicted molar refractivity (Wildman–Crippen MR) is 95.8 cm³/mol. The molecule has 0 radical (unpaired) electrons. The maximum Gasteiger partial charge on any atom is 0.261 e. The summed E-state index contributed by atoms with van der Waals surface area (Å²) in [4.78, 5) is 33.9. The van der Waals surface area contributed by atoms with Crippen LogP contribution >= 0.6 is 23.4 Å². The zero-order valence-electron chi connectivity index (χ0n) is 12.6. The summed E-state index contributed by atoms with van der Waals surface area (Å²) in [7, 11) is 0. The number of carbonyl (C=O) groups is 1. The summed E-state index contributed by atoms with van der Waals surface area (Å²) in [6.07, 6.45) is 1.78. The Balaban J connectivity index is 1.98. The van der Waals surface area contributed by atoms with E-state index in [4.69, 9.17) is 17.3 Å². The molecule has 24 heavy (non-hydrogen) atoms. The van der Waals surface area contributed by atoms with E-state index in [0.29, 0.717) is 21.5 Å². The number of amides is 1. The van der Waals surface area contributed by atoms with Gasteiger partial charge in [0.2, 0.25) is 0 Å². The second kappa shape index (κ2) is 6.58. The van der Waals surface area contributed by atoms with Gasteiger partial charge in [-0.05, 0) is 18.4 Å². The molecule has 124 valence electrons. The molecule has 2 heterocycles. The molecule has 0 aliphatic rings. The van der Waals surface area contributed by atoms with Gasteiger partial charge in [-0.2, -0.15) is 0 Å². The van der Waals surface area contributed by atoms with Crippen molar-refractivity contribution in [1.82, 2.24) is 15.0 Å². The average Bonchev–Trinajstić information content (AvgIpc) is 2.93. The largest absolute Gasteiger partial charge is 0.377 e. The Morgan fingerprint density at radius 3 is 2.79 bits per heavy atom. The number of carbonyl (C=O) groups excluding carboxylic acids is 1. The van der Waals surface area contributed by atoms with Crippen LogP contribution in [0.25, 0.3) is 11.0 Å². The van der Waals surface area contributed by atoms with Gasteiger partial charge < -0.3 is 21.0 Å². The SMILES string of the molecule is CSc1[nH]c2nc(CNc3ccccc3Cl)[nH]c(=O)c2c1C(N)=O. The number of benzene rings is 1. The number of H-pyrrole nitrogens is 2. The quantitative estimate of drug-likeness (QED) is 0.519. The van der Waals surface area contributed by atoms with Crippen LogP contribution in [0.1, 0.15) is 16.2 Å². The van der Waals surface area contributed by atoms with E-state index in [1.807, 2.05) is 18.2 Å². The van der Waals surface area contributed by atoms with E-state index >= 15 is 0 Å². The minimum atomic E-state index is -0.667. The van der Waals surface area contributed by atoms with Gasteiger partial charge in [0.05, 0.1) is 33.2 Å². The summed E-state index contributed by atoms with van der Waals surface area (Å²) >= 11 is 7.37. The summed E-state index contributed by atoms with van der Waals surface area (Å²) in [5.41, 5.74) is 6.19. The van der Waals surface area contributed by atoms with Gasteiger partial charge in [0.1, 0.15) is 11.5 Å². The van der Waals surface area contributed by atoms with Crippen molar-refractivity contribution in [2.45, 2.75) is 11.6 Å². The number of hydrogen-bond donors (Lipinski definition) is 4. The number of nitrogens with two attached hydrogens (primary N) is 1. The van der Waals surface area contributed by atoms with Crippen molar-refractivity contribution in [3.8, 4) is 0 Å². The Labute approximate surface area is 146 Å². The van der Waals surface area contributed by atoms with Crippen LogP contribution in [-0.4, -0.2) is 27.1 Å². The number of aromatic amines is 2. The first kappa shape index (κ1) is 16.4. The molecule has 9 heteroatoms. The number of primary amides is 1. The third-order valence-corrected chi connectivity index (χ3v) is 4.49. The molecule has 5 N–H and O–H groups in total. The molecule has 0 aliphatic heterocycles. The van der Waals surface area contributed by atoms with Crippen LogP contribution in [0.4, 0.5) is 5.69 Å². The topological polar surface area (TPSA) is 117 Å². The highest BCUT2D eigenvalue weighted by molar-refractivity contribution is 7.98. The number of halogens is 1. The lowest BCUT2D eigenvalue weighted by atomic mass is 10.2. The first-order valence-electron chi connectivity index (χ1n) is 6.98. The van der Waals surface area contributed by atoms with Crippen molar-refractivity contribution in [3.63, 3.8) is 0 Å². The molecule has 0 spiro atoms. The fourth-order valence-electron chi connectivity index (χ4n) is 2.38. The zero-order chi connectivity index (χ0) is 17.3. The summed E-state index contributed by atoms with van der Waals surface area (Å²) in [5, 5.41) is 4.37. The van der Waals surface area contributed by atoms with E-state index in [-0.39, 0.29) is 17.5 Å². The first-order valence-corrected chi connectivity index (χ1v) is 8.58. The number of rotatable bonds is 5. The molecule has 1 amide bonds. The monoisotopic (exact) mass is 363 g/mol. The number of para-hydroxylation sites is 1.